The van der Waals surface area contributed by atoms with E-state index >= 15 is 0 Å². The summed E-state index contributed by atoms with van der Waals surface area (Å²) in [7, 11) is -3.39. The highest BCUT2D eigenvalue weighted by atomic mass is 32.2. The van der Waals surface area contributed by atoms with Crippen LogP contribution in [0.5, 0.6) is 0 Å². The smallest absolute Gasteiger partial charge is 0.194 e. The lowest BCUT2D eigenvalue weighted by molar-refractivity contribution is 0.145. The van der Waals surface area contributed by atoms with Gasteiger partial charge in [-0.2, -0.15) is 0 Å². The fourth-order valence-electron chi connectivity index (χ4n) is 0.704. The molecule has 0 aliphatic carbocycles. The summed E-state index contributed by atoms with van der Waals surface area (Å²) in [4.78, 5) is 0. The van der Waals surface area contributed by atoms with Crippen LogP contribution in [-0.4, -0.2) is 19.1 Å². The molecule has 0 aliphatic rings. The maximum Gasteiger partial charge on any atom is 0.194 e. The average Bonchev–Trinajstić information content (AvgIpc) is 1.88. The minimum Gasteiger partial charge on any atom is -0.226 e. The Bertz CT molecular complexity index is 194. The van der Waals surface area contributed by atoms with E-state index < -0.39 is 20.5 Å². The molecule has 0 fully saturated rings. The molecule has 1 atom stereocenters. The van der Waals surface area contributed by atoms with Crippen LogP contribution in [-0.2, 0) is 14.9 Å². The van der Waals surface area contributed by atoms with E-state index in [-0.39, 0.29) is 6.42 Å². The Morgan fingerprint density at radius 2 is 1.73 bits per heavy atom. The molecule has 67 valence electrons. The Balaban J connectivity index is 4.32. The summed E-state index contributed by atoms with van der Waals surface area (Å²) in [5.74, 6) is 0. The predicted octanol–water partition coefficient (Wildman–Crippen LogP) is 1.37. The Labute approximate surface area is 68.3 Å². The highest BCUT2D eigenvalue weighted by Gasteiger charge is 2.26. The van der Waals surface area contributed by atoms with Crippen molar-refractivity contribution in [1.29, 1.82) is 0 Å². The van der Waals surface area contributed by atoms with E-state index in [1.807, 2.05) is 0 Å². The van der Waals surface area contributed by atoms with Gasteiger partial charge < -0.3 is 0 Å². The molecule has 1 unspecified atom stereocenters. The highest BCUT2D eigenvalue weighted by Crippen LogP contribution is 2.11. The van der Waals surface area contributed by atoms with Crippen LogP contribution in [0.1, 0.15) is 33.6 Å². The van der Waals surface area contributed by atoms with Gasteiger partial charge in [0.25, 0.3) is 0 Å². The molecule has 3 nitrogen and oxygen atoms in total. The standard InChI is InChI=1S/C7H15O3S/c1-4-5-7(8)11(9,10)6(2)3/h6-7H,4-5H2,1-3H3. The van der Waals surface area contributed by atoms with Crippen molar-refractivity contribution in [3.05, 3.63) is 0 Å². The summed E-state index contributed by atoms with van der Waals surface area (Å²) in [5, 5.41) is 10.5. The zero-order chi connectivity index (χ0) is 9.07. The third-order valence-corrected chi connectivity index (χ3v) is 3.83. The molecular weight excluding hydrogens is 164 g/mol. The molecule has 0 saturated heterocycles. The van der Waals surface area contributed by atoms with Gasteiger partial charge in [-0.3, -0.25) is 0 Å². The van der Waals surface area contributed by atoms with Crippen LogP contribution in [0.2, 0.25) is 0 Å². The lowest BCUT2D eigenvalue weighted by atomic mass is 10.4. The van der Waals surface area contributed by atoms with Gasteiger partial charge >= 0.3 is 0 Å². The van der Waals surface area contributed by atoms with Gasteiger partial charge in [0.15, 0.2) is 15.3 Å². The second-order valence-corrected chi connectivity index (χ2v) is 5.50. The number of sulfone groups is 1. The first-order valence-corrected chi connectivity index (χ1v) is 5.42. The molecule has 4 heteroatoms. The van der Waals surface area contributed by atoms with E-state index in [2.05, 4.69) is 0 Å². The minimum atomic E-state index is -3.39. The molecule has 11 heavy (non-hydrogen) atoms. The second-order valence-electron chi connectivity index (χ2n) is 2.86. The largest absolute Gasteiger partial charge is 0.226 e. The van der Waals surface area contributed by atoms with E-state index in [0.717, 1.165) is 0 Å². The summed E-state index contributed by atoms with van der Waals surface area (Å²) in [6.45, 7) is 4.88. The summed E-state index contributed by atoms with van der Waals surface area (Å²) in [6.07, 6.45) is 0.848. The Morgan fingerprint density at radius 1 is 1.27 bits per heavy atom. The Kier molecular flexibility index (Phi) is 4.03. The van der Waals surface area contributed by atoms with Crippen LogP contribution in [0.15, 0.2) is 0 Å². The van der Waals surface area contributed by atoms with Crippen molar-refractivity contribution >= 4 is 9.84 Å². The van der Waals surface area contributed by atoms with Crippen molar-refractivity contribution in [2.45, 2.75) is 44.3 Å². The van der Waals surface area contributed by atoms with E-state index in [0.29, 0.717) is 6.42 Å². The maximum absolute atomic E-state index is 11.1. The van der Waals surface area contributed by atoms with Crippen LogP contribution >= 0.6 is 0 Å². The van der Waals surface area contributed by atoms with Gasteiger partial charge in [-0.15, -0.1) is 0 Å². The van der Waals surface area contributed by atoms with E-state index in [1.165, 1.54) is 13.8 Å². The molecule has 0 amide bonds. The van der Waals surface area contributed by atoms with Gasteiger partial charge in [0.05, 0.1) is 5.25 Å². The Hall–Kier alpha value is -0.0900. The van der Waals surface area contributed by atoms with Gasteiger partial charge in [-0.1, -0.05) is 13.3 Å². The molecule has 0 saturated carbocycles. The third kappa shape index (κ3) is 2.79. The van der Waals surface area contributed by atoms with Gasteiger partial charge in [0.2, 0.25) is 0 Å². The molecule has 0 bridgehead atoms. The van der Waals surface area contributed by atoms with Crippen molar-refractivity contribution < 1.29 is 13.5 Å². The van der Waals surface area contributed by atoms with Crippen molar-refractivity contribution in [2.75, 3.05) is 0 Å². The number of hydrogen-bond donors (Lipinski definition) is 0. The molecule has 0 N–H and O–H groups in total. The number of hydrogen-bond acceptors (Lipinski definition) is 2. The van der Waals surface area contributed by atoms with Gasteiger partial charge in [0, 0.05) is 0 Å². The molecular formula is C7H15O3S. The zero-order valence-electron chi connectivity index (χ0n) is 7.20. The topological polar surface area (TPSA) is 54.0 Å². The van der Waals surface area contributed by atoms with E-state index in [4.69, 9.17) is 0 Å². The normalized spacial score (nSPS) is 15.4. The van der Waals surface area contributed by atoms with Crippen molar-refractivity contribution in [3.63, 3.8) is 0 Å². The van der Waals surface area contributed by atoms with Gasteiger partial charge in [-0.25, -0.2) is 13.5 Å². The van der Waals surface area contributed by atoms with Crippen molar-refractivity contribution in [1.82, 2.24) is 0 Å². The first kappa shape index (κ1) is 10.9. The minimum absolute atomic E-state index is 0.223. The highest BCUT2D eigenvalue weighted by molar-refractivity contribution is 7.92. The van der Waals surface area contributed by atoms with Crippen LogP contribution in [0.3, 0.4) is 0 Å². The fourth-order valence-corrected chi connectivity index (χ4v) is 1.87. The van der Waals surface area contributed by atoms with Crippen molar-refractivity contribution in [3.8, 4) is 0 Å². The van der Waals surface area contributed by atoms with Crippen LogP contribution < -0.4 is 0 Å². The van der Waals surface area contributed by atoms with Gasteiger partial charge in [0.1, 0.15) is 0 Å². The SMILES string of the molecule is CCCC([O])S(=O)(=O)C(C)C. The quantitative estimate of drug-likeness (QED) is 0.654. The molecule has 0 aromatic rings. The number of rotatable bonds is 4. The summed E-state index contributed by atoms with van der Waals surface area (Å²) >= 11 is 0. The first-order valence-electron chi connectivity index (χ1n) is 3.81. The zero-order valence-corrected chi connectivity index (χ0v) is 8.02. The molecule has 0 heterocycles. The van der Waals surface area contributed by atoms with Crippen LogP contribution in [0.25, 0.3) is 0 Å². The molecule has 1 radical (unpaired) electrons. The van der Waals surface area contributed by atoms with E-state index in [1.54, 1.807) is 6.92 Å². The molecule has 0 spiro atoms. The first-order chi connectivity index (χ1) is 4.92. The van der Waals surface area contributed by atoms with E-state index in [9.17, 15) is 13.5 Å². The van der Waals surface area contributed by atoms with Gasteiger partial charge in [-0.05, 0) is 20.3 Å². The fraction of sp³-hybridized carbons (Fsp3) is 1.00. The second kappa shape index (κ2) is 4.07. The predicted molar refractivity (Wildman–Crippen MR) is 43.4 cm³/mol. The lowest BCUT2D eigenvalue weighted by Gasteiger charge is -2.11. The Morgan fingerprint density at radius 3 is 2.00 bits per heavy atom. The molecule has 0 aromatic carbocycles. The van der Waals surface area contributed by atoms with Crippen LogP contribution in [0.4, 0.5) is 0 Å². The van der Waals surface area contributed by atoms with Crippen LogP contribution in [0, 0.1) is 0 Å². The average molecular weight is 179 g/mol. The molecule has 0 rings (SSSR count). The van der Waals surface area contributed by atoms with Crippen molar-refractivity contribution in [2.24, 2.45) is 0 Å². The molecule has 0 aliphatic heterocycles. The monoisotopic (exact) mass is 179 g/mol. The molecule has 0 aromatic heterocycles. The summed E-state index contributed by atoms with van der Waals surface area (Å²) in [6, 6.07) is 0. The lowest BCUT2D eigenvalue weighted by Crippen LogP contribution is -2.26. The summed E-state index contributed by atoms with van der Waals surface area (Å²) in [5.41, 5.74) is -1.42. The maximum atomic E-state index is 11.1. The third-order valence-electron chi connectivity index (χ3n) is 1.55. The summed E-state index contributed by atoms with van der Waals surface area (Å²) < 4.78 is 22.2.